The Bertz CT molecular complexity index is 1090. The van der Waals surface area contributed by atoms with Crippen LogP contribution in [0.5, 0.6) is 5.88 Å². The molecular weight excluding hydrogens is 376 g/mol. The third-order valence-corrected chi connectivity index (χ3v) is 4.25. The lowest BCUT2D eigenvalue weighted by atomic mass is 10.1. The van der Waals surface area contributed by atoms with Gasteiger partial charge in [0.25, 0.3) is 5.91 Å². The van der Waals surface area contributed by atoms with Gasteiger partial charge in [-0.2, -0.15) is 4.98 Å². The Morgan fingerprint density at radius 2 is 1.79 bits per heavy atom. The van der Waals surface area contributed by atoms with E-state index in [0.717, 1.165) is 17.0 Å². The van der Waals surface area contributed by atoms with Crippen LogP contribution in [0.3, 0.4) is 0 Å². The number of hydrogen-bond donors (Lipinski definition) is 3. The number of carboxylic acid groups (broad SMARTS) is 1. The fourth-order valence-electron chi connectivity index (χ4n) is 2.78. The maximum absolute atomic E-state index is 12.9. The van der Waals surface area contributed by atoms with Gasteiger partial charge in [0.15, 0.2) is 0 Å². The average molecular weight is 394 g/mol. The third kappa shape index (κ3) is 4.46. The first-order chi connectivity index (χ1) is 13.9. The molecule has 0 fully saturated rings. The molecule has 3 aromatic rings. The van der Waals surface area contributed by atoms with E-state index in [-0.39, 0.29) is 24.4 Å². The lowest BCUT2D eigenvalue weighted by molar-refractivity contribution is -0.138. The SMILES string of the molecule is CN(C(=O)c1cnc(NC(=O)CCC(=O)O)nc1O)c1cccc2ccccc12. The van der Waals surface area contributed by atoms with Crippen LogP contribution in [-0.4, -0.2) is 45.0 Å². The molecule has 148 valence electrons. The number of anilines is 2. The summed E-state index contributed by atoms with van der Waals surface area (Å²) in [6.07, 6.45) is 0.507. The lowest BCUT2D eigenvalue weighted by Crippen LogP contribution is -2.27. The van der Waals surface area contributed by atoms with Crippen LogP contribution in [0, 0.1) is 0 Å². The molecule has 29 heavy (non-hydrogen) atoms. The number of benzene rings is 2. The van der Waals surface area contributed by atoms with Crippen molar-refractivity contribution in [1.29, 1.82) is 0 Å². The second-order valence-electron chi connectivity index (χ2n) is 6.24. The number of aromatic nitrogens is 2. The molecule has 1 aromatic heterocycles. The fourth-order valence-corrected chi connectivity index (χ4v) is 2.78. The number of nitrogens with one attached hydrogen (secondary N) is 1. The highest BCUT2D eigenvalue weighted by atomic mass is 16.4. The van der Waals surface area contributed by atoms with Gasteiger partial charge in [0.05, 0.1) is 12.1 Å². The summed E-state index contributed by atoms with van der Waals surface area (Å²) >= 11 is 0. The van der Waals surface area contributed by atoms with E-state index in [2.05, 4.69) is 15.3 Å². The molecule has 0 aliphatic rings. The smallest absolute Gasteiger partial charge is 0.303 e. The van der Waals surface area contributed by atoms with Gasteiger partial charge < -0.3 is 15.1 Å². The zero-order valence-corrected chi connectivity index (χ0v) is 15.5. The van der Waals surface area contributed by atoms with Crippen molar-refractivity contribution in [3.63, 3.8) is 0 Å². The van der Waals surface area contributed by atoms with Gasteiger partial charge in [-0.25, -0.2) is 4.98 Å². The van der Waals surface area contributed by atoms with E-state index in [1.165, 1.54) is 4.90 Å². The van der Waals surface area contributed by atoms with Gasteiger partial charge in [0, 0.05) is 25.1 Å². The van der Waals surface area contributed by atoms with Gasteiger partial charge >= 0.3 is 5.97 Å². The minimum absolute atomic E-state index is 0.135. The lowest BCUT2D eigenvalue weighted by Gasteiger charge is -2.19. The van der Waals surface area contributed by atoms with Crippen molar-refractivity contribution in [3.8, 4) is 5.88 Å². The summed E-state index contributed by atoms with van der Waals surface area (Å²) in [4.78, 5) is 44.0. The first kappa shape index (κ1) is 19.7. The van der Waals surface area contributed by atoms with Gasteiger partial charge in [-0.3, -0.25) is 19.7 Å². The molecule has 0 spiro atoms. The molecule has 0 atom stereocenters. The number of amides is 2. The molecule has 1 heterocycles. The van der Waals surface area contributed by atoms with Gasteiger partial charge in [-0.1, -0.05) is 36.4 Å². The van der Waals surface area contributed by atoms with Crippen molar-refractivity contribution < 1.29 is 24.6 Å². The first-order valence-electron chi connectivity index (χ1n) is 8.70. The third-order valence-electron chi connectivity index (χ3n) is 4.25. The van der Waals surface area contributed by atoms with Gasteiger partial charge in [0.1, 0.15) is 5.56 Å². The van der Waals surface area contributed by atoms with Crippen LogP contribution in [0.15, 0.2) is 48.7 Å². The second kappa shape index (κ2) is 8.34. The molecule has 3 N–H and O–H groups in total. The zero-order valence-electron chi connectivity index (χ0n) is 15.5. The van der Waals surface area contributed by atoms with Gasteiger partial charge in [-0.05, 0) is 11.5 Å². The summed E-state index contributed by atoms with van der Waals surface area (Å²) in [6, 6.07) is 13.1. The molecule has 0 saturated carbocycles. The van der Waals surface area contributed by atoms with Crippen molar-refractivity contribution in [2.24, 2.45) is 0 Å². The number of carbonyl (C=O) groups excluding carboxylic acids is 2. The van der Waals surface area contributed by atoms with Crippen LogP contribution < -0.4 is 10.2 Å². The molecule has 0 radical (unpaired) electrons. The normalized spacial score (nSPS) is 10.5. The molecule has 2 aromatic carbocycles. The van der Waals surface area contributed by atoms with Crippen LogP contribution in [-0.2, 0) is 9.59 Å². The number of hydrogen-bond acceptors (Lipinski definition) is 6. The second-order valence-corrected chi connectivity index (χ2v) is 6.24. The van der Waals surface area contributed by atoms with E-state index in [4.69, 9.17) is 5.11 Å². The number of carbonyl (C=O) groups is 3. The molecule has 9 nitrogen and oxygen atoms in total. The standard InChI is InChI=1S/C20H18N4O5/c1-24(15-8-4-6-12-5-2-3-7-13(12)15)19(29)14-11-21-20(23-18(14)28)22-16(25)9-10-17(26)27/h2-8,11H,9-10H2,1H3,(H,26,27)(H2,21,22,23,25,28). The number of aliphatic carboxylic acids is 1. The maximum atomic E-state index is 12.9. The van der Waals surface area contributed by atoms with Crippen LogP contribution in [0.2, 0.25) is 0 Å². The summed E-state index contributed by atoms with van der Waals surface area (Å²) in [5.74, 6) is -3.06. The monoisotopic (exact) mass is 394 g/mol. The zero-order chi connectivity index (χ0) is 21.0. The largest absolute Gasteiger partial charge is 0.493 e. The summed E-state index contributed by atoms with van der Waals surface area (Å²) in [5, 5.41) is 22.9. The van der Waals surface area contributed by atoms with E-state index in [9.17, 15) is 19.5 Å². The minimum atomic E-state index is -1.11. The van der Waals surface area contributed by atoms with E-state index in [1.54, 1.807) is 13.1 Å². The molecule has 3 rings (SSSR count). The molecule has 0 bridgehead atoms. The number of fused-ring (bicyclic) bond motifs is 1. The summed E-state index contributed by atoms with van der Waals surface area (Å²) in [6.45, 7) is 0. The van der Waals surface area contributed by atoms with Crippen molar-refractivity contribution >= 4 is 40.2 Å². The molecule has 0 unspecified atom stereocenters. The quantitative estimate of drug-likeness (QED) is 0.585. The molecule has 9 heteroatoms. The van der Waals surface area contributed by atoms with Crippen molar-refractivity contribution in [1.82, 2.24) is 9.97 Å². The number of aromatic hydroxyl groups is 1. The van der Waals surface area contributed by atoms with E-state index in [0.29, 0.717) is 5.69 Å². The molecule has 0 aliphatic heterocycles. The summed E-state index contributed by atoms with van der Waals surface area (Å²) < 4.78 is 0. The summed E-state index contributed by atoms with van der Waals surface area (Å²) in [5.41, 5.74) is 0.516. The Kier molecular flexibility index (Phi) is 5.68. The van der Waals surface area contributed by atoms with Gasteiger partial charge in [0.2, 0.25) is 17.7 Å². The highest BCUT2D eigenvalue weighted by Gasteiger charge is 2.21. The van der Waals surface area contributed by atoms with Gasteiger partial charge in [-0.15, -0.1) is 0 Å². The Morgan fingerprint density at radius 3 is 2.52 bits per heavy atom. The van der Waals surface area contributed by atoms with E-state index >= 15 is 0 Å². The average Bonchev–Trinajstić information content (AvgIpc) is 2.71. The van der Waals surface area contributed by atoms with Crippen LogP contribution in [0.25, 0.3) is 10.8 Å². The maximum Gasteiger partial charge on any atom is 0.303 e. The highest BCUT2D eigenvalue weighted by Crippen LogP contribution is 2.28. The Labute approximate surface area is 165 Å². The molecule has 0 aliphatic carbocycles. The Balaban J connectivity index is 1.80. The highest BCUT2D eigenvalue weighted by molar-refractivity contribution is 6.11. The van der Waals surface area contributed by atoms with Crippen LogP contribution >= 0.6 is 0 Å². The Morgan fingerprint density at radius 1 is 1.07 bits per heavy atom. The number of rotatable bonds is 6. The van der Waals surface area contributed by atoms with E-state index in [1.807, 2.05) is 36.4 Å². The van der Waals surface area contributed by atoms with Crippen molar-refractivity contribution in [2.75, 3.05) is 17.3 Å². The van der Waals surface area contributed by atoms with E-state index < -0.39 is 23.7 Å². The van der Waals surface area contributed by atoms with Crippen LogP contribution in [0.1, 0.15) is 23.2 Å². The predicted molar refractivity (Wildman–Crippen MR) is 106 cm³/mol. The Hall–Kier alpha value is -4.01. The predicted octanol–water partition coefficient (Wildman–Crippen LogP) is 2.42. The van der Waals surface area contributed by atoms with Crippen molar-refractivity contribution in [3.05, 3.63) is 54.2 Å². The topological polar surface area (TPSA) is 133 Å². The van der Waals surface area contributed by atoms with Crippen LogP contribution in [0.4, 0.5) is 11.6 Å². The number of carboxylic acids is 1. The summed E-state index contributed by atoms with van der Waals surface area (Å²) in [7, 11) is 1.57. The minimum Gasteiger partial charge on any atom is -0.493 e. The number of nitrogens with zero attached hydrogens (tertiary/aromatic N) is 3. The molecule has 2 amide bonds. The fraction of sp³-hybridized carbons (Fsp3) is 0.150. The molecular formula is C20H18N4O5. The first-order valence-corrected chi connectivity index (χ1v) is 8.70. The van der Waals surface area contributed by atoms with Crippen molar-refractivity contribution in [2.45, 2.75) is 12.8 Å². The molecule has 0 saturated heterocycles.